The van der Waals surface area contributed by atoms with Gasteiger partial charge < -0.3 is 10.1 Å². The highest BCUT2D eigenvalue weighted by Crippen LogP contribution is 2.24. The first-order chi connectivity index (χ1) is 12.2. The first-order valence-electron chi connectivity index (χ1n) is 8.70. The summed E-state index contributed by atoms with van der Waals surface area (Å²) in [6.45, 7) is 7.08. The molecule has 0 aliphatic carbocycles. The number of nitrogens with one attached hydrogen (secondary N) is 1. The van der Waals surface area contributed by atoms with Gasteiger partial charge in [0.25, 0.3) is 0 Å². The Morgan fingerprint density at radius 3 is 3.04 bits per heavy atom. The van der Waals surface area contributed by atoms with Crippen LogP contribution in [0.5, 0.6) is 5.88 Å². The van der Waals surface area contributed by atoms with E-state index >= 15 is 0 Å². The SMILES string of the molecule is CCCn1nccc1NC(=O)CN1CCc2ncnc(OCC)c2C1. The van der Waals surface area contributed by atoms with Gasteiger partial charge in [0.15, 0.2) is 0 Å². The number of aromatic nitrogens is 4. The lowest BCUT2D eigenvalue weighted by Gasteiger charge is -2.28. The van der Waals surface area contributed by atoms with Gasteiger partial charge in [-0.25, -0.2) is 14.6 Å². The Labute approximate surface area is 147 Å². The molecular weight excluding hydrogens is 320 g/mol. The smallest absolute Gasteiger partial charge is 0.239 e. The third kappa shape index (κ3) is 4.14. The summed E-state index contributed by atoms with van der Waals surface area (Å²) in [5.74, 6) is 1.32. The van der Waals surface area contributed by atoms with E-state index in [-0.39, 0.29) is 5.91 Å². The molecule has 1 aliphatic heterocycles. The Hall–Kier alpha value is -2.48. The highest BCUT2D eigenvalue weighted by atomic mass is 16.5. The van der Waals surface area contributed by atoms with Crippen LogP contribution in [0.15, 0.2) is 18.6 Å². The van der Waals surface area contributed by atoms with Gasteiger partial charge in [-0.05, 0) is 13.3 Å². The van der Waals surface area contributed by atoms with E-state index in [2.05, 4.69) is 32.2 Å². The number of hydrogen-bond donors (Lipinski definition) is 1. The number of carbonyl (C=O) groups is 1. The number of hydrogen-bond acceptors (Lipinski definition) is 6. The molecule has 1 amide bonds. The van der Waals surface area contributed by atoms with Crippen molar-refractivity contribution in [2.24, 2.45) is 0 Å². The summed E-state index contributed by atoms with van der Waals surface area (Å²) < 4.78 is 7.41. The van der Waals surface area contributed by atoms with Crippen LogP contribution in [-0.2, 0) is 24.3 Å². The van der Waals surface area contributed by atoms with Crippen molar-refractivity contribution in [2.45, 2.75) is 39.8 Å². The van der Waals surface area contributed by atoms with Crippen molar-refractivity contribution < 1.29 is 9.53 Å². The van der Waals surface area contributed by atoms with Crippen molar-refractivity contribution in [3.63, 3.8) is 0 Å². The van der Waals surface area contributed by atoms with Gasteiger partial charge in [-0.15, -0.1) is 0 Å². The number of fused-ring (bicyclic) bond motifs is 1. The summed E-state index contributed by atoms with van der Waals surface area (Å²) in [4.78, 5) is 23.0. The zero-order chi connectivity index (χ0) is 17.6. The lowest BCUT2D eigenvalue weighted by molar-refractivity contribution is -0.117. The molecule has 0 unspecified atom stereocenters. The number of carbonyl (C=O) groups excluding carboxylic acids is 1. The van der Waals surface area contributed by atoms with E-state index in [4.69, 9.17) is 4.74 Å². The average Bonchev–Trinajstić information content (AvgIpc) is 3.03. The fourth-order valence-corrected chi connectivity index (χ4v) is 2.98. The van der Waals surface area contributed by atoms with Crippen LogP contribution in [0.1, 0.15) is 31.5 Å². The molecule has 0 bridgehead atoms. The summed E-state index contributed by atoms with van der Waals surface area (Å²) in [5, 5.41) is 7.17. The van der Waals surface area contributed by atoms with E-state index in [0.29, 0.717) is 25.6 Å². The lowest BCUT2D eigenvalue weighted by Crippen LogP contribution is -2.38. The van der Waals surface area contributed by atoms with Gasteiger partial charge in [0.05, 0.1) is 25.0 Å². The van der Waals surface area contributed by atoms with Gasteiger partial charge in [0.1, 0.15) is 12.1 Å². The van der Waals surface area contributed by atoms with E-state index in [1.807, 2.05) is 17.7 Å². The fraction of sp³-hybridized carbons (Fsp3) is 0.529. The molecule has 1 N–H and O–H groups in total. The summed E-state index contributed by atoms with van der Waals surface area (Å²) in [7, 11) is 0. The quantitative estimate of drug-likeness (QED) is 0.819. The maximum Gasteiger partial charge on any atom is 0.239 e. The number of aryl methyl sites for hydroxylation is 1. The van der Waals surface area contributed by atoms with Gasteiger partial charge in [0.2, 0.25) is 11.8 Å². The molecule has 2 aromatic rings. The molecule has 1 aliphatic rings. The zero-order valence-electron chi connectivity index (χ0n) is 14.7. The molecule has 0 fully saturated rings. The molecule has 0 saturated carbocycles. The normalized spacial score (nSPS) is 14.2. The Morgan fingerprint density at radius 1 is 1.36 bits per heavy atom. The predicted molar refractivity (Wildman–Crippen MR) is 93.3 cm³/mol. The fourth-order valence-electron chi connectivity index (χ4n) is 2.98. The number of rotatable bonds is 7. The summed E-state index contributed by atoms with van der Waals surface area (Å²) >= 11 is 0. The maximum atomic E-state index is 12.4. The molecule has 25 heavy (non-hydrogen) atoms. The Bertz CT molecular complexity index is 730. The second-order valence-corrected chi connectivity index (χ2v) is 5.99. The van der Waals surface area contributed by atoms with E-state index in [1.54, 1.807) is 12.5 Å². The van der Waals surface area contributed by atoms with Crippen molar-refractivity contribution >= 4 is 11.7 Å². The zero-order valence-corrected chi connectivity index (χ0v) is 14.7. The largest absolute Gasteiger partial charge is 0.478 e. The van der Waals surface area contributed by atoms with Crippen LogP contribution in [0.2, 0.25) is 0 Å². The molecular formula is C17H24N6O2. The van der Waals surface area contributed by atoms with Crippen LogP contribution < -0.4 is 10.1 Å². The molecule has 134 valence electrons. The second kappa shape index (κ2) is 8.06. The summed E-state index contributed by atoms with van der Waals surface area (Å²) in [6.07, 6.45) is 5.00. The Morgan fingerprint density at radius 2 is 2.24 bits per heavy atom. The average molecular weight is 344 g/mol. The first-order valence-corrected chi connectivity index (χ1v) is 8.70. The van der Waals surface area contributed by atoms with Gasteiger partial charge in [-0.2, -0.15) is 5.10 Å². The number of anilines is 1. The first kappa shape index (κ1) is 17.3. The van der Waals surface area contributed by atoms with E-state index in [0.717, 1.165) is 43.0 Å². The summed E-state index contributed by atoms with van der Waals surface area (Å²) in [6, 6.07) is 1.82. The molecule has 8 nitrogen and oxygen atoms in total. The number of ether oxygens (including phenoxy) is 1. The monoisotopic (exact) mass is 344 g/mol. The van der Waals surface area contributed by atoms with Crippen molar-refractivity contribution in [3.8, 4) is 5.88 Å². The highest BCUT2D eigenvalue weighted by Gasteiger charge is 2.23. The number of amides is 1. The summed E-state index contributed by atoms with van der Waals surface area (Å²) in [5.41, 5.74) is 2.00. The lowest BCUT2D eigenvalue weighted by atomic mass is 10.1. The van der Waals surface area contributed by atoms with Crippen molar-refractivity contribution in [1.29, 1.82) is 0 Å². The topological polar surface area (TPSA) is 85.2 Å². The van der Waals surface area contributed by atoms with Gasteiger partial charge in [-0.3, -0.25) is 9.69 Å². The maximum absolute atomic E-state index is 12.4. The Kier molecular flexibility index (Phi) is 5.60. The van der Waals surface area contributed by atoms with E-state index < -0.39 is 0 Å². The second-order valence-electron chi connectivity index (χ2n) is 5.99. The van der Waals surface area contributed by atoms with Gasteiger partial charge in [-0.1, -0.05) is 6.92 Å². The van der Waals surface area contributed by atoms with Crippen LogP contribution in [0.4, 0.5) is 5.82 Å². The van der Waals surface area contributed by atoms with Crippen LogP contribution >= 0.6 is 0 Å². The van der Waals surface area contributed by atoms with Crippen molar-refractivity contribution in [1.82, 2.24) is 24.6 Å². The third-order valence-electron chi connectivity index (χ3n) is 4.11. The Balaban J connectivity index is 1.62. The van der Waals surface area contributed by atoms with Gasteiger partial charge in [0, 0.05) is 37.7 Å². The third-order valence-corrected chi connectivity index (χ3v) is 4.11. The minimum atomic E-state index is -0.0453. The van der Waals surface area contributed by atoms with E-state index in [1.165, 1.54) is 0 Å². The van der Waals surface area contributed by atoms with Crippen molar-refractivity contribution in [3.05, 3.63) is 29.8 Å². The van der Waals surface area contributed by atoms with Crippen LogP contribution in [0.25, 0.3) is 0 Å². The molecule has 0 spiro atoms. The minimum absolute atomic E-state index is 0.0453. The van der Waals surface area contributed by atoms with E-state index in [9.17, 15) is 4.79 Å². The molecule has 3 heterocycles. The van der Waals surface area contributed by atoms with Crippen LogP contribution in [0, 0.1) is 0 Å². The predicted octanol–water partition coefficient (Wildman–Crippen LogP) is 1.48. The molecule has 0 aromatic carbocycles. The van der Waals surface area contributed by atoms with Crippen LogP contribution in [-0.4, -0.2) is 50.3 Å². The molecule has 2 aromatic heterocycles. The highest BCUT2D eigenvalue weighted by molar-refractivity contribution is 5.91. The minimum Gasteiger partial charge on any atom is -0.478 e. The molecule has 0 saturated heterocycles. The molecule has 0 radical (unpaired) electrons. The van der Waals surface area contributed by atoms with Gasteiger partial charge >= 0.3 is 0 Å². The van der Waals surface area contributed by atoms with Crippen LogP contribution in [0.3, 0.4) is 0 Å². The standard InChI is InChI=1S/C17H24N6O2/c1-3-8-23-15(5-7-20-23)21-16(24)11-22-9-6-14-13(10-22)17(25-4-2)19-12-18-14/h5,7,12H,3-4,6,8-11H2,1-2H3,(H,21,24). The number of nitrogens with zero attached hydrogens (tertiary/aromatic N) is 5. The molecule has 0 atom stereocenters. The van der Waals surface area contributed by atoms with Crippen molar-refractivity contribution in [2.75, 3.05) is 25.0 Å². The molecule has 3 rings (SSSR count). The molecule has 8 heteroatoms.